The van der Waals surface area contributed by atoms with Gasteiger partial charge in [0.25, 0.3) is 17.9 Å². The summed E-state index contributed by atoms with van der Waals surface area (Å²) in [6.07, 6.45) is -0.124. The van der Waals surface area contributed by atoms with Crippen molar-refractivity contribution in [3.63, 3.8) is 0 Å². The van der Waals surface area contributed by atoms with Crippen molar-refractivity contribution >= 4 is 16.8 Å². The molecule has 0 atom stereocenters. The van der Waals surface area contributed by atoms with Crippen molar-refractivity contribution in [2.24, 2.45) is 5.92 Å². The summed E-state index contributed by atoms with van der Waals surface area (Å²) in [5, 5.41) is 0.986. The largest absolute Gasteiger partial charge is 0.337 e. The van der Waals surface area contributed by atoms with Crippen LogP contribution in [0, 0.1) is 5.92 Å². The summed E-state index contributed by atoms with van der Waals surface area (Å²) in [6.45, 7) is 1.54. The highest BCUT2D eigenvalue weighted by Crippen LogP contribution is 2.21. The summed E-state index contributed by atoms with van der Waals surface area (Å²) >= 11 is 0. The normalized spacial score (nSPS) is 15.2. The molecule has 0 bridgehead atoms. The molecule has 0 saturated carbocycles. The average Bonchev–Trinajstić information content (AvgIpc) is 2.74. The Hall–Kier alpha value is -3.16. The van der Waals surface area contributed by atoms with Crippen molar-refractivity contribution in [2.75, 3.05) is 13.1 Å². The number of amides is 1. The molecule has 1 aliphatic heterocycles. The topological polar surface area (TPSA) is 68.1 Å². The van der Waals surface area contributed by atoms with Crippen LogP contribution in [0.2, 0.25) is 0 Å². The number of aromatic nitrogens is 3. The van der Waals surface area contributed by atoms with Gasteiger partial charge in [-0.05, 0) is 30.9 Å². The Morgan fingerprint density at radius 1 is 1.14 bits per heavy atom. The van der Waals surface area contributed by atoms with Crippen molar-refractivity contribution in [2.45, 2.75) is 25.8 Å². The Kier molecular flexibility index (Phi) is 5.33. The van der Waals surface area contributed by atoms with E-state index in [1.54, 1.807) is 11.0 Å². The Morgan fingerprint density at radius 3 is 2.62 bits per heavy atom. The number of likely N-dealkylation sites (tertiary alicyclic amines) is 1. The molecule has 0 N–H and O–H groups in total. The van der Waals surface area contributed by atoms with Gasteiger partial charge < -0.3 is 4.90 Å². The number of para-hydroxylation sites is 1. The Bertz CT molecular complexity index is 1090. The summed E-state index contributed by atoms with van der Waals surface area (Å²) in [6, 6.07) is 12.2. The van der Waals surface area contributed by atoms with Crippen LogP contribution in [0.15, 0.2) is 53.6 Å². The van der Waals surface area contributed by atoms with Crippen molar-refractivity contribution < 1.29 is 13.6 Å². The highest BCUT2D eigenvalue weighted by Gasteiger charge is 2.25. The van der Waals surface area contributed by atoms with Gasteiger partial charge in [-0.1, -0.05) is 24.3 Å². The monoisotopic (exact) mass is 398 g/mol. The third-order valence-corrected chi connectivity index (χ3v) is 5.30. The van der Waals surface area contributed by atoms with Crippen LogP contribution in [-0.2, 0) is 6.54 Å². The minimum absolute atomic E-state index is 0.102. The van der Waals surface area contributed by atoms with Gasteiger partial charge in [0.15, 0.2) is 0 Å². The number of carbonyl (C=O) groups is 1. The Morgan fingerprint density at radius 2 is 1.90 bits per heavy atom. The van der Waals surface area contributed by atoms with E-state index in [9.17, 15) is 18.4 Å². The minimum Gasteiger partial charge on any atom is -0.337 e. The average molecular weight is 398 g/mol. The molecule has 0 spiro atoms. The van der Waals surface area contributed by atoms with E-state index in [2.05, 4.69) is 9.97 Å². The van der Waals surface area contributed by atoms with E-state index in [1.165, 1.54) is 10.9 Å². The molecule has 29 heavy (non-hydrogen) atoms. The Balaban J connectivity index is 1.38. The second-order valence-electron chi connectivity index (χ2n) is 7.23. The number of carbonyl (C=O) groups excluding carboxylic acids is 1. The predicted molar refractivity (Wildman–Crippen MR) is 104 cm³/mol. The van der Waals surface area contributed by atoms with E-state index in [-0.39, 0.29) is 11.8 Å². The molecule has 0 radical (unpaired) electrons. The van der Waals surface area contributed by atoms with Crippen LogP contribution in [0.25, 0.3) is 10.9 Å². The molecule has 3 heterocycles. The molecule has 2 aromatic heterocycles. The van der Waals surface area contributed by atoms with E-state index >= 15 is 0 Å². The molecule has 4 rings (SSSR count). The lowest BCUT2D eigenvalue weighted by atomic mass is 9.96. The third kappa shape index (κ3) is 4.16. The summed E-state index contributed by atoms with van der Waals surface area (Å²) < 4.78 is 26.6. The fourth-order valence-corrected chi connectivity index (χ4v) is 3.64. The molecular formula is C21H20F2N4O2. The highest BCUT2D eigenvalue weighted by atomic mass is 19.3. The van der Waals surface area contributed by atoms with Gasteiger partial charge in [-0.3, -0.25) is 14.2 Å². The van der Waals surface area contributed by atoms with Crippen LogP contribution in [0.5, 0.6) is 0 Å². The predicted octanol–water partition coefficient (Wildman–Crippen LogP) is 3.28. The van der Waals surface area contributed by atoms with Gasteiger partial charge in [0.05, 0.1) is 11.8 Å². The lowest BCUT2D eigenvalue weighted by Crippen LogP contribution is -2.40. The third-order valence-electron chi connectivity index (χ3n) is 5.30. The Labute approximate surface area is 165 Å². The number of benzene rings is 1. The van der Waals surface area contributed by atoms with Crippen LogP contribution in [0.3, 0.4) is 0 Å². The van der Waals surface area contributed by atoms with Gasteiger partial charge in [0.2, 0.25) is 0 Å². The summed E-state index contributed by atoms with van der Waals surface area (Å²) in [4.78, 5) is 34.7. The number of rotatable bonds is 4. The first-order valence-corrected chi connectivity index (χ1v) is 9.51. The summed E-state index contributed by atoms with van der Waals surface area (Å²) in [5.74, 6) is 0.0786. The maximum absolute atomic E-state index is 12.8. The van der Waals surface area contributed by atoms with Crippen molar-refractivity contribution in [1.82, 2.24) is 19.4 Å². The molecule has 1 amide bonds. The molecule has 1 saturated heterocycles. The van der Waals surface area contributed by atoms with Gasteiger partial charge in [-0.2, -0.15) is 0 Å². The number of fused-ring (bicyclic) bond motifs is 1. The fraction of sp³-hybridized carbons (Fsp3) is 0.333. The van der Waals surface area contributed by atoms with Crippen LogP contribution >= 0.6 is 0 Å². The molecule has 1 aromatic carbocycles. The quantitative estimate of drug-likeness (QED) is 0.676. The molecular weight excluding hydrogens is 378 g/mol. The van der Waals surface area contributed by atoms with Crippen molar-refractivity contribution in [3.8, 4) is 0 Å². The second-order valence-corrected chi connectivity index (χ2v) is 7.23. The zero-order valence-corrected chi connectivity index (χ0v) is 15.7. The first-order chi connectivity index (χ1) is 14.0. The number of halogens is 2. The smallest absolute Gasteiger partial charge is 0.280 e. The minimum atomic E-state index is -2.75. The van der Waals surface area contributed by atoms with E-state index < -0.39 is 17.7 Å². The van der Waals surface area contributed by atoms with E-state index in [4.69, 9.17) is 0 Å². The van der Waals surface area contributed by atoms with Gasteiger partial charge in [0.1, 0.15) is 11.4 Å². The molecule has 150 valence electrons. The molecule has 0 unspecified atom stereocenters. The number of hydrogen-bond donors (Lipinski definition) is 0. The van der Waals surface area contributed by atoms with Gasteiger partial charge in [-0.15, -0.1) is 0 Å². The van der Waals surface area contributed by atoms with Crippen LogP contribution < -0.4 is 5.56 Å². The molecule has 8 heteroatoms. The van der Waals surface area contributed by atoms with E-state index in [0.29, 0.717) is 25.3 Å². The molecule has 3 aromatic rings. The number of alkyl halides is 2. The SMILES string of the molecule is O=C(c1ccc2ccccc2n1)N1CCC(Cn2cnc(C(F)F)cc2=O)CC1. The van der Waals surface area contributed by atoms with E-state index in [1.807, 2.05) is 30.3 Å². The zero-order valence-electron chi connectivity index (χ0n) is 15.7. The molecule has 1 aliphatic rings. The number of hydrogen-bond acceptors (Lipinski definition) is 4. The fourth-order valence-electron chi connectivity index (χ4n) is 3.64. The number of pyridine rings is 1. The maximum Gasteiger partial charge on any atom is 0.280 e. The van der Waals surface area contributed by atoms with Crippen molar-refractivity contribution in [1.29, 1.82) is 0 Å². The molecule has 0 aliphatic carbocycles. The van der Waals surface area contributed by atoms with Gasteiger partial charge in [0, 0.05) is 31.1 Å². The highest BCUT2D eigenvalue weighted by molar-refractivity contribution is 5.94. The maximum atomic E-state index is 12.8. The van der Waals surface area contributed by atoms with E-state index in [0.717, 1.165) is 29.8 Å². The standard InChI is InChI=1S/C21H20F2N4O2/c22-20(23)18-11-19(28)27(13-24-18)12-14-7-9-26(10-8-14)21(29)17-6-5-15-3-1-2-4-16(15)25-17/h1-6,11,13-14,20H,7-10,12H2. The van der Waals surface area contributed by atoms with Crippen LogP contribution in [0.4, 0.5) is 8.78 Å². The second kappa shape index (κ2) is 8.06. The summed E-state index contributed by atoms with van der Waals surface area (Å²) in [5.41, 5.74) is 0.223. The lowest BCUT2D eigenvalue weighted by Gasteiger charge is -2.32. The van der Waals surface area contributed by atoms with Crippen molar-refractivity contribution in [3.05, 3.63) is 70.5 Å². The number of nitrogens with zero attached hydrogens (tertiary/aromatic N) is 4. The number of piperidine rings is 1. The van der Waals surface area contributed by atoms with Crippen LogP contribution in [0.1, 0.15) is 35.4 Å². The summed E-state index contributed by atoms with van der Waals surface area (Å²) in [7, 11) is 0. The van der Waals surface area contributed by atoms with Gasteiger partial charge >= 0.3 is 0 Å². The molecule has 1 fully saturated rings. The first-order valence-electron chi connectivity index (χ1n) is 9.51. The first kappa shape index (κ1) is 19.2. The molecule has 6 nitrogen and oxygen atoms in total. The van der Waals surface area contributed by atoms with Crippen LogP contribution in [-0.4, -0.2) is 38.4 Å². The van der Waals surface area contributed by atoms with Gasteiger partial charge in [-0.25, -0.2) is 18.7 Å². The zero-order chi connectivity index (χ0) is 20.4. The lowest BCUT2D eigenvalue weighted by molar-refractivity contribution is 0.0676.